The number of nitrogens with zero attached hydrogens (tertiary/aromatic N) is 1. The fourth-order valence-corrected chi connectivity index (χ4v) is 4.46. The Morgan fingerprint density at radius 1 is 1.29 bits per heavy atom. The summed E-state index contributed by atoms with van der Waals surface area (Å²) in [4.78, 5) is 14.7. The zero-order valence-electron chi connectivity index (χ0n) is 15.8. The van der Waals surface area contributed by atoms with Crippen LogP contribution in [0.5, 0.6) is 0 Å². The Labute approximate surface area is 150 Å². The van der Waals surface area contributed by atoms with E-state index in [1.54, 1.807) is 11.3 Å². The molecule has 2 rings (SSSR count). The molecule has 4 heteroatoms. The van der Waals surface area contributed by atoms with Crippen molar-refractivity contribution in [2.45, 2.75) is 73.1 Å². The lowest BCUT2D eigenvalue weighted by molar-refractivity contribution is 0.0958. The van der Waals surface area contributed by atoms with Gasteiger partial charge in [-0.2, -0.15) is 5.10 Å². The maximum absolute atomic E-state index is 12.5. The number of hydrogen-bond acceptors (Lipinski definition) is 3. The van der Waals surface area contributed by atoms with E-state index in [1.807, 2.05) is 0 Å². The van der Waals surface area contributed by atoms with Gasteiger partial charge in [-0.05, 0) is 61.5 Å². The lowest BCUT2D eigenvalue weighted by Gasteiger charge is -2.19. The molecule has 0 bridgehead atoms. The van der Waals surface area contributed by atoms with E-state index in [9.17, 15) is 4.79 Å². The van der Waals surface area contributed by atoms with Crippen molar-refractivity contribution in [3.63, 3.8) is 0 Å². The third-order valence-electron chi connectivity index (χ3n) is 4.59. The van der Waals surface area contributed by atoms with Crippen LogP contribution in [0.2, 0.25) is 0 Å². The summed E-state index contributed by atoms with van der Waals surface area (Å²) in [6.45, 7) is 11.0. The number of rotatable bonds is 7. The summed E-state index contributed by atoms with van der Waals surface area (Å²) in [5.41, 5.74) is 5.29. The molecule has 0 spiro atoms. The first kappa shape index (κ1) is 19.2. The van der Waals surface area contributed by atoms with Crippen LogP contribution in [0.4, 0.5) is 0 Å². The molecule has 0 aromatic carbocycles. The lowest BCUT2D eigenvalue weighted by Crippen LogP contribution is -2.20. The van der Waals surface area contributed by atoms with Gasteiger partial charge < -0.3 is 0 Å². The quantitative estimate of drug-likeness (QED) is 0.517. The molecule has 1 N–H and O–H groups in total. The van der Waals surface area contributed by atoms with E-state index in [0.717, 1.165) is 42.2 Å². The van der Waals surface area contributed by atoms with Crippen molar-refractivity contribution in [2.24, 2.45) is 22.9 Å². The molecule has 1 aromatic heterocycles. The number of fused-ring (bicyclic) bond motifs is 1. The predicted molar refractivity (Wildman–Crippen MR) is 104 cm³/mol. The first-order valence-electron chi connectivity index (χ1n) is 9.36. The van der Waals surface area contributed by atoms with Crippen LogP contribution in [0.3, 0.4) is 0 Å². The summed E-state index contributed by atoms with van der Waals surface area (Å²) >= 11 is 1.65. The van der Waals surface area contributed by atoms with Gasteiger partial charge in [-0.1, -0.05) is 41.0 Å². The third-order valence-corrected chi connectivity index (χ3v) is 5.83. The smallest absolute Gasteiger partial charge is 0.266 e. The maximum Gasteiger partial charge on any atom is 0.281 e. The fourth-order valence-electron chi connectivity index (χ4n) is 3.36. The zero-order valence-corrected chi connectivity index (χ0v) is 16.6. The molecule has 0 aliphatic heterocycles. The highest BCUT2D eigenvalue weighted by Crippen LogP contribution is 2.33. The van der Waals surface area contributed by atoms with E-state index >= 15 is 0 Å². The van der Waals surface area contributed by atoms with Gasteiger partial charge in [0.05, 0.1) is 4.88 Å². The van der Waals surface area contributed by atoms with Crippen LogP contribution in [0.1, 0.15) is 80.4 Å². The molecule has 1 aliphatic rings. The Balaban J connectivity index is 2.03. The fraction of sp³-hybridized carbons (Fsp3) is 0.700. The Kier molecular flexibility index (Phi) is 7.02. The molecule has 0 saturated heterocycles. The molecule has 1 heterocycles. The topological polar surface area (TPSA) is 41.5 Å². The van der Waals surface area contributed by atoms with Gasteiger partial charge in [0.25, 0.3) is 5.91 Å². The van der Waals surface area contributed by atoms with Gasteiger partial charge in [-0.3, -0.25) is 4.79 Å². The van der Waals surface area contributed by atoms with E-state index in [4.69, 9.17) is 0 Å². The average molecular weight is 349 g/mol. The highest BCUT2D eigenvalue weighted by Gasteiger charge is 2.22. The predicted octanol–water partition coefficient (Wildman–Crippen LogP) is 5.44. The Bertz CT molecular complexity index is 574. The third kappa shape index (κ3) is 5.44. The van der Waals surface area contributed by atoms with Crippen LogP contribution >= 0.6 is 11.3 Å². The average Bonchev–Trinajstić information content (AvgIpc) is 2.94. The summed E-state index contributed by atoms with van der Waals surface area (Å²) in [5, 5.41) is 4.44. The zero-order chi connectivity index (χ0) is 17.7. The number of amides is 1. The summed E-state index contributed by atoms with van der Waals surface area (Å²) < 4.78 is 0. The molecule has 0 fully saturated rings. The molecule has 1 aromatic rings. The number of hydrogen-bond donors (Lipinski definition) is 1. The SMILES string of the molecule is CC[C@@H]1CCc2sc(C(=O)NN=C(CC(C)C)CC(C)C)cc2C1. The van der Waals surface area contributed by atoms with Gasteiger partial charge in [0, 0.05) is 10.6 Å². The lowest BCUT2D eigenvalue weighted by atomic mass is 9.87. The minimum atomic E-state index is -0.0486. The molecule has 0 saturated carbocycles. The van der Waals surface area contributed by atoms with Crippen molar-refractivity contribution in [1.29, 1.82) is 0 Å². The van der Waals surface area contributed by atoms with Crippen LogP contribution in [0.15, 0.2) is 11.2 Å². The van der Waals surface area contributed by atoms with Crippen molar-refractivity contribution < 1.29 is 4.79 Å². The second-order valence-electron chi connectivity index (χ2n) is 7.89. The van der Waals surface area contributed by atoms with E-state index in [0.29, 0.717) is 11.8 Å². The molecular formula is C20H32N2OS. The monoisotopic (exact) mass is 348 g/mol. The van der Waals surface area contributed by atoms with Gasteiger partial charge in [0.2, 0.25) is 0 Å². The van der Waals surface area contributed by atoms with Crippen molar-refractivity contribution in [1.82, 2.24) is 5.43 Å². The van der Waals surface area contributed by atoms with Gasteiger partial charge in [0.15, 0.2) is 0 Å². The second-order valence-corrected chi connectivity index (χ2v) is 9.03. The Morgan fingerprint density at radius 2 is 1.96 bits per heavy atom. The van der Waals surface area contributed by atoms with Crippen molar-refractivity contribution in [2.75, 3.05) is 0 Å². The molecule has 3 nitrogen and oxygen atoms in total. The highest BCUT2D eigenvalue weighted by molar-refractivity contribution is 7.14. The second kappa shape index (κ2) is 8.80. The first-order chi connectivity index (χ1) is 11.4. The molecule has 1 amide bonds. The van der Waals surface area contributed by atoms with Crippen molar-refractivity contribution >= 4 is 23.0 Å². The van der Waals surface area contributed by atoms with Gasteiger partial charge in [-0.25, -0.2) is 5.43 Å². The van der Waals surface area contributed by atoms with Crippen LogP contribution in [0, 0.1) is 17.8 Å². The number of carbonyl (C=O) groups excluding carboxylic acids is 1. The van der Waals surface area contributed by atoms with Crippen LogP contribution in [0.25, 0.3) is 0 Å². The van der Waals surface area contributed by atoms with E-state index in [1.165, 1.54) is 23.3 Å². The minimum Gasteiger partial charge on any atom is -0.266 e. The van der Waals surface area contributed by atoms with E-state index in [-0.39, 0.29) is 5.91 Å². The van der Waals surface area contributed by atoms with E-state index in [2.05, 4.69) is 51.2 Å². The number of nitrogens with one attached hydrogen (secondary N) is 1. The number of carbonyl (C=O) groups is 1. The summed E-state index contributed by atoms with van der Waals surface area (Å²) in [6, 6.07) is 2.09. The molecule has 0 unspecified atom stereocenters. The summed E-state index contributed by atoms with van der Waals surface area (Å²) in [5.74, 6) is 1.84. The normalized spacial score (nSPS) is 17.0. The molecule has 1 aliphatic carbocycles. The number of hydrazone groups is 1. The number of aryl methyl sites for hydroxylation is 1. The van der Waals surface area contributed by atoms with E-state index < -0.39 is 0 Å². The van der Waals surface area contributed by atoms with Gasteiger partial charge in [0.1, 0.15) is 0 Å². The van der Waals surface area contributed by atoms with Crippen molar-refractivity contribution in [3.8, 4) is 0 Å². The van der Waals surface area contributed by atoms with Crippen LogP contribution in [-0.2, 0) is 12.8 Å². The molecule has 0 radical (unpaired) electrons. The Morgan fingerprint density at radius 3 is 2.54 bits per heavy atom. The first-order valence-corrected chi connectivity index (χ1v) is 10.2. The largest absolute Gasteiger partial charge is 0.281 e. The standard InChI is InChI=1S/C20H32N2OS/c1-6-15-7-8-18-16(11-15)12-19(24-18)20(23)22-21-17(9-13(2)3)10-14(4)5/h12-15H,6-11H2,1-5H3,(H,22,23)/t15-/m1/s1. The molecular weight excluding hydrogens is 316 g/mol. The highest BCUT2D eigenvalue weighted by atomic mass is 32.1. The molecule has 24 heavy (non-hydrogen) atoms. The number of thiophene rings is 1. The maximum atomic E-state index is 12.5. The summed E-state index contributed by atoms with van der Waals surface area (Å²) in [7, 11) is 0. The van der Waals surface area contributed by atoms with Crippen LogP contribution in [-0.4, -0.2) is 11.6 Å². The summed E-state index contributed by atoms with van der Waals surface area (Å²) in [6.07, 6.45) is 6.63. The van der Waals surface area contributed by atoms with Crippen molar-refractivity contribution in [3.05, 3.63) is 21.4 Å². The van der Waals surface area contributed by atoms with Gasteiger partial charge in [-0.15, -0.1) is 11.3 Å². The Hall–Kier alpha value is -1.16. The van der Waals surface area contributed by atoms with Crippen LogP contribution < -0.4 is 5.43 Å². The minimum absolute atomic E-state index is 0.0486. The molecule has 1 atom stereocenters. The molecule has 134 valence electrons. The van der Waals surface area contributed by atoms with Gasteiger partial charge >= 0.3 is 0 Å².